The van der Waals surface area contributed by atoms with Crippen molar-refractivity contribution < 1.29 is 16.0 Å². The van der Waals surface area contributed by atoms with Crippen molar-refractivity contribution >= 4 is 12.4 Å². The first-order valence-corrected chi connectivity index (χ1v) is 1.79. The quantitative estimate of drug-likeness (QED) is 0.432. The van der Waals surface area contributed by atoms with Crippen LogP contribution in [0.2, 0.25) is 0 Å². The molecule has 3 heteroatoms. The second-order valence-electron chi connectivity index (χ2n) is 0.629. The summed E-state index contributed by atoms with van der Waals surface area (Å²) in [4.78, 5) is -0.289. The maximum absolute atomic E-state index is 4.98. The molecule has 0 aliphatic carbocycles. The molecular formula is C3H7ClCuN. The van der Waals surface area contributed by atoms with E-state index in [0.717, 1.165) is 0 Å². The first kappa shape index (κ1) is 9.72. The molecule has 0 rings (SSSR count). The maximum Gasteiger partial charge on any atom is -0.147 e. The molecule has 6 heavy (non-hydrogen) atoms. The van der Waals surface area contributed by atoms with Gasteiger partial charge in [-0.25, -0.2) is 0 Å². The van der Waals surface area contributed by atoms with Crippen LogP contribution in [0.1, 0.15) is 0 Å². The summed E-state index contributed by atoms with van der Waals surface area (Å²) in [5.41, 5.74) is 4.98. The van der Waals surface area contributed by atoms with Crippen molar-refractivity contribution in [2.45, 2.75) is 4.94 Å². The molecule has 0 aliphatic heterocycles. The van der Waals surface area contributed by atoms with Crippen LogP contribution in [-0.2, 0) is 16.0 Å². The summed E-state index contributed by atoms with van der Waals surface area (Å²) >= 11 is 4.57. The average molecular weight is 156 g/mol. The summed E-state index contributed by atoms with van der Waals surface area (Å²) in [5.74, 6) is 0. The van der Waals surface area contributed by atoms with E-state index in [-0.39, 0.29) is 17.3 Å². The van der Waals surface area contributed by atoms with Gasteiger partial charge >= 0.3 is 39.3 Å². The van der Waals surface area contributed by atoms with Gasteiger partial charge in [0, 0.05) is 0 Å². The van der Waals surface area contributed by atoms with Crippen LogP contribution in [0, 0.1) is 0 Å². The molecule has 0 heterocycles. The molecule has 0 aliphatic rings. The molecule has 0 radical (unpaired) electrons. The standard InChI is InChI=1S/C3H6N.ClH.Cu/c1-2-3-4;;/h2-3H,1,4H2;1H;. The molecule has 0 amide bonds. The molecule has 0 bridgehead atoms. The number of hydrogen-bond acceptors (Lipinski definition) is 1. The van der Waals surface area contributed by atoms with Gasteiger partial charge in [-0.1, -0.05) is 0 Å². The topological polar surface area (TPSA) is 26.0 Å². The van der Waals surface area contributed by atoms with E-state index >= 15 is 0 Å². The molecule has 0 fully saturated rings. The van der Waals surface area contributed by atoms with E-state index in [1.54, 1.807) is 0 Å². The van der Waals surface area contributed by atoms with Gasteiger partial charge in [-0.05, 0) is 0 Å². The Labute approximate surface area is 52.2 Å². The van der Waals surface area contributed by atoms with Gasteiger partial charge in [0.25, 0.3) is 0 Å². The maximum atomic E-state index is 4.98. The van der Waals surface area contributed by atoms with Gasteiger partial charge in [0.05, 0.1) is 0 Å². The summed E-state index contributed by atoms with van der Waals surface area (Å²) in [5, 5.41) is 0. The van der Waals surface area contributed by atoms with Crippen LogP contribution in [0.3, 0.4) is 0 Å². The molecule has 1 nitrogen and oxygen atoms in total. The Morgan fingerprint density at radius 2 is 2.00 bits per heavy atom. The van der Waals surface area contributed by atoms with Crippen molar-refractivity contribution in [3.63, 3.8) is 0 Å². The molecule has 1 atom stereocenters. The van der Waals surface area contributed by atoms with E-state index in [9.17, 15) is 0 Å². The van der Waals surface area contributed by atoms with Crippen LogP contribution in [-0.4, -0.2) is 4.94 Å². The molecule has 1 unspecified atom stereocenters. The molecule has 0 aromatic carbocycles. The van der Waals surface area contributed by atoms with Crippen molar-refractivity contribution in [3.05, 3.63) is 12.7 Å². The van der Waals surface area contributed by atoms with Crippen LogP contribution >= 0.6 is 12.4 Å². The first-order valence-electron chi connectivity index (χ1n) is 1.25. The second kappa shape index (κ2) is 5.51. The molecule has 0 saturated heterocycles. The molecule has 0 spiro atoms. The fourth-order valence-corrected chi connectivity index (χ4v) is 0. The van der Waals surface area contributed by atoms with Gasteiger partial charge in [0.15, 0.2) is 0 Å². The minimum Gasteiger partial charge on any atom is -0.147 e. The summed E-state index contributed by atoms with van der Waals surface area (Å²) in [7, 11) is 0. The summed E-state index contributed by atoms with van der Waals surface area (Å²) < 4.78 is 0. The number of nitrogens with two attached hydrogens (primary N) is 1. The Bertz CT molecular complexity index is 37.8. The number of hydrogen-bond donors (Lipinski definition) is 1. The van der Waals surface area contributed by atoms with Gasteiger partial charge in [-0.2, -0.15) is 0 Å². The zero-order valence-electron chi connectivity index (χ0n) is 3.15. The summed E-state index contributed by atoms with van der Waals surface area (Å²) in [6.45, 7) is 3.33. The Morgan fingerprint density at radius 3 is 2.00 bits per heavy atom. The Morgan fingerprint density at radius 1 is 1.83 bits per heavy atom. The molecule has 42 valence electrons. The van der Waals surface area contributed by atoms with Crippen LogP contribution < -0.4 is 5.73 Å². The minimum absolute atomic E-state index is 0. The van der Waals surface area contributed by atoms with E-state index in [1.807, 2.05) is 0 Å². The number of halogens is 1. The normalized spacial score (nSPS) is 11.8. The largest absolute Gasteiger partial charge is 0.147 e. The van der Waals surface area contributed by atoms with Gasteiger partial charge in [0.2, 0.25) is 0 Å². The SMILES string of the molecule is C=C[CH](N)[Cu].Cl. The van der Waals surface area contributed by atoms with E-state index in [0.29, 0.717) is 0 Å². The first-order chi connectivity index (χ1) is 2.27. The predicted molar refractivity (Wildman–Crippen MR) is 25.4 cm³/mol. The van der Waals surface area contributed by atoms with Crippen molar-refractivity contribution in [2.24, 2.45) is 5.73 Å². The van der Waals surface area contributed by atoms with Crippen molar-refractivity contribution in [1.29, 1.82) is 0 Å². The van der Waals surface area contributed by atoms with Crippen molar-refractivity contribution in [1.82, 2.24) is 0 Å². The van der Waals surface area contributed by atoms with Crippen LogP contribution in [0.15, 0.2) is 12.7 Å². The van der Waals surface area contributed by atoms with Crippen LogP contribution in [0.25, 0.3) is 0 Å². The Balaban J connectivity index is 0. The second-order valence-corrected chi connectivity index (χ2v) is 1.26. The van der Waals surface area contributed by atoms with Gasteiger partial charge in [-0.3, -0.25) is 0 Å². The van der Waals surface area contributed by atoms with Crippen molar-refractivity contribution in [3.8, 4) is 0 Å². The summed E-state index contributed by atoms with van der Waals surface area (Å²) in [6, 6.07) is 0. The molecule has 0 saturated carbocycles. The van der Waals surface area contributed by atoms with Gasteiger partial charge in [0.1, 0.15) is 0 Å². The Kier molecular flexibility index (Phi) is 8.92. The number of rotatable bonds is 1. The predicted octanol–water partition coefficient (Wildman–Crippen LogP) is 0.426. The van der Waals surface area contributed by atoms with E-state index in [2.05, 4.69) is 22.6 Å². The molecule has 0 aromatic heterocycles. The average Bonchev–Trinajstić information content (AvgIpc) is 1.38. The third-order valence-electron chi connectivity index (χ3n) is 0.207. The van der Waals surface area contributed by atoms with Crippen LogP contribution in [0.5, 0.6) is 0 Å². The molecular weight excluding hydrogens is 149 g/mol. The molecule has 2 N–H and O–H groups in total. The zero-order chi connectivity index (χ0) is 4.28. The zero-order valence-corrected chi connectivity index (χ0v) is 4.91. The van der Waals surface area contributed by atoms with E-state index < -0.39 is 0 Å². The van der Waals surface area contributed by atoms with E-state index in [4.69, 9.17) is 5.73 Å². The monoisotopic (exact) mass is 155 g/mol. The molecule has 0 aromatic rings. The summed E-state index contributed by atoms with van der Waals surface area (Å²) in [6.07, 6.45) is 1.50. The minimum atomic E-state index is -0.289. The van der Waals surface area contributed by atoms with E-state index in [1.165, 1.54) is 6.08 Å². The Hall–Kier alpha value is 0.509. The third-order valence-corrected chi connectivity index (χ3v) is 0.429. The van der Waals surface area contributed by atoms with Crippen molar-refractivity contribution in [2.75, 3.05) is 0 Å². The fourth-order valence-electron chi connectivity index (χ4n) is 0. The smallest absolute Gasteiger partial charge is 0.147 e. The van der Waals surface area contributed by atoms with Gasteiger partial charge in [-0.15, -0.1) is 12.4 Å². The third kappa shape index (κ3) is 8.82. The van der Waals surface area contributed by atoms with Gasteiger partial charge < -0.3 is 0 Å². The van der Waals surface area contributed by atoms with Crippen LogP contribution in [0.4, 0.5) is 0 Å². The fraction of sp³-hybridized carbons (Fsp3) is 0.333.